The van der Waals surface area contributed by atoms with Gasteiger partial charge >= 0.3 is 0 Å². The fraction of sp³-hybridized carbons (Fsp3) is 0.400. The third-order valence-corrected chi connectivity index (χ3v) is 6.11. The number of aromatic nitrogens is 1. The number of halogens is 1. The van der Waals surface area contributed by atoms with Crippen LogP contribution in [0.4, 0.5) is 4.39 Å². The van der Waals surface area contributed by atoms with Gasteiger partial charge in [0.25, 0.3) is 5.91 Å². The number of aromatic amines is 1. The van der Waals surface area contributed by atoms with Crippen molar-refractivity contribution in [3.05, 3.63) is 59.5 Å². The number of benzene rings is 2. The van der Waals surface area contributed by atoms with Gasteiger partial charge in [-0.3, -0.25) is 4.79 Å². The van der Waals surface area contributed by atoms with Gasteiger partial charge in [-0.15, -0.1) is 0 Å². The highest BCUT2D eigenvalue weighted by atomic mass is 19.1. The van der Waals surface area contributed by atoms with E-state index in [1.807, 2.05) is 12.1 Å². The molecule has 0 saturated heterocycles. The zero-order valence-electron chi connectivity index (χ0n) is 17.8. The van der Waals surface area contributed by atoms with E-state index in [0.29, 0.717) is 18.8 Å². The summed E-state index contributed by atoms with van der Waals surface area (Å²) in [5.74, 6) is 0.410. The lowest BCUT2D eigenvalue weighted by molar-refractivity contribution is 0.0945. The summed E-state index contributed by atoms with van der Waals surface area (Å²) in [6.45, 7) is 1.03. The maximum Gasteiger partial charge on any atom is 0.268 e. The zero-order valence-corrected chi connectivity index (χ0v) is 17.8. The van der Waals surface area contributed by atoms with E-state index in [1.165, 1.54) is 25.0 Å². The highest BCUT2D eigenvalue weighted by Crippen LogP contribution is 2.36. The number of hydrogen-bond donors (Lipinski definition) is 4. The molecule has 1 amide bonds. The van der Waals surface area contributed by atoms with Crippen LogP contribution in [0.5, 0.6) is 0 Å². The van der Waals surface area contributed by atoms with Crippen LogP contribution in [0, 0.1) is 11.7 Å². The Morgan fingerprint density at radius 3 is 2.61 bits per heavy atom. The van der Waals surface area contributed by atoms with E-state index in [2.05, 4.69) is 16.4 Å². The number of carbonyl (C=O) groups is 1. The summed E-state index contributed by atoms with van der Waals surface area (Å²) in [6.07, 6.45) is 6.19. The maximum absolute atomic E-state index is 13.3. The van der Waals surface area contributed by atoms with Crippen LogP contribution in [0.3, 0.4) is 0 Å². The smallest absolute Gasteiger partial charge is 0.268 e. The molecule has 31 heavy (non-hydrogen) atoms. The highest BCUT2D eigenvalue weighted by molar-refractivity contribution is 6.02. The fourth-order valence-electron chi connectivity index (χ4n) is 4.08. The first kappa shape index (κ1) is 21.5. The monoisotopic (exact) mass is 422 g/mol. The Labute approximate surface area is 182 Å². The minimum Gasteiger partial charge on any atom is -0.350 e. The van der Waals surface area contributed by atoms with E-state index in [1.54, 1.807) is 12.1 Å². The molecular weight excluding hydrogens is 391 g/mol. The maximum atomic E-state index is 13.3. The largest absolute Gasteiger partial charge is 0.350 e. The van der Waals surface area contributed by atoms with E-state index < -0.39 is 0 Å². The van der Waals surface area contributed by atoms with Gasteiger partial charge in [0, 0.05) is 23.5 Å². The van der Waals surface area contributed by atoms with Crippen molar-refractivity contribution in [1.29, 1.82) is 0 Å². The average Bonchev–Trinajstić information content (AvgIpc) is 3.54. The zero-order chi connectivity index (χ0) is 21.8. The predicted octanol–water partition coefficient (Wildman–Crippen LogP) is 4.11. The van der Waals surface area contributed by atoms with Crippen molar-refractivity contribution in [3.63, 3.8) is 0 Å². The second-order valence-electron chi connectivity index (χ2n) is 8.63. The molecule has 1 atom stereocenters. The van der Waals surface area contributed by atoms with Crippen LogP contribution in [0.2, 0.25) is 0 Å². The SMILES string of the molecule is NCCC[C@H](N)CNC(=O)c1[nH]c2cc(-c3ccc(F)cc3)ccc2c1CCC1CC1. The van der Waals surface area contributed by atoms with Gasteiger partial charge in [-0.2, -0.15) is 0 Å². The topological polar surface area (TPSA) is 96.9 Å². The number of aryl methyl sites for hydroxylation is 1. The Morgan fingerprint density at radius 1 is 1.16 bits per heavy atom. The molecule has 3 aromatic rings. The van der Waals surface area contributed by atoms with Crippen molar-refractivity contribution < 1.29 is 9.18 Å². The van der Waals surface area contributed by atoms with Crippen molar-refractivity contribution in [3.8, 4) is 11.1 Å². The minimum absolute atomic E-state index is 0.100. The lowest BCUT2D eigenvalue weighted by atomic mass is 10.00. The third-order valence-electron chi connectivity index (χ3n) is 6.11. The molecule has 6 N–H and O–H groups in total. The molecule has 0 bridgehead atoms. The summed E-state index contributed by atoms with van der Waals surface area (Å²) in [5.41, 5.74) is 16.2. The van der Waals surface area contributed by atoms with Gasteiger partial charge in [-0.25, -0.2) is 4.39 Å². The van der Waals surface area contributed by atoms with Gasteiger partial charge in [0.15, 0.2) is 0 Å². The van der Waals surface area contributed by atoms with Gasteiger partial charge in [0.2, 0.25) is 0 Å². The molecule has 6 heteroatoms. The van der Waals surface area contributed by atoms with Crippen LogP contribution in [0.1, 0.15) is 48.2 Å². The van der Waals surface area contributed by atoms with Gasteiger partial charge in [0.1, 0.15) is 11.5 Å². The van der Waals surface area contributed by atoms with Crippen molar-refractivity contribution in [2.24, 2.45) is 17.4 Å². The second-order valence-corrected chi connectivity index (χ2v) is 8.63. The molecule has 1 aliphatic rings. The molecule has 1 aliphatic carbocycles. The summed E-state index contributed by atoms with van der Waals surface area (Å²) in [4.78, 5) is 16.4. The number of H-pyrrole nitrogens is 1. The Hall–Kier alpha value is -2.70. The highest BCUT2D eigenvalue weighted by Gasteiger charge is 2.24. The fourth-order valence-corrected chi connectivity index (χ4v) is 4.08. The van der Waals surface area contributed by atoms with Crippen LogP contribution in [0.15, 0.2) is 42.5 Å². The predicted molar refractivity (Wildman–Crippen MR) is 123 cm³/mol. The Morgan fingerprint density at radius 2 is 1.90 bits per heavy atom. The number of carbonyl (C=O) groups excluding carboxylic acids is 1. The molecule has 1 saturated carbocycles. The first-order chi connectivity index (χ1) is 15.0. The van der Waals surface area contributed by atoms with Gasteiger partial charge in [-0.1, -0.05) is 37.1 Å². The normalized spacial score (nSPS) is 14.7. The molecule has 1 fully saturated rings. The summed E-state index contributed by atoms with van der Waals surface area (Å²) in [5, 5.41) is 4.06. The molecular formula is C25H31FN4O. The summed E-state index contributed by atoms with van der Waals surface area (Å²) < 4.78 is 13.3. The van der Waals surface area contributed by atoms with E-state index >= 15 is 0 Å². The molecule has 1 aromatic heterocycles. The minimum atomic E-state index is -0.254. The van der Waals surface area contributed by atoms with Crippen molar-refractivity contribution in [2.75, 3.05) is 13.1 Å². The quantitative estimate of drug-likeness (QED) is 0.396. The van der Waals surface area contributed by atoms with Crippen LogP contribution < -0.4 is 16.8 Å². The lowest BCUT2D eigenvalue weighted by Gasteiger charge is -2.12. The third kappa shape index (κ3) is 5.32. The van der Waals surface area contributed by atoms with E-state index in [0.717, 1.165) is 59.2 Å². The van der Waals surface area contributed by atoms with Gasteiger partial charge in [-0.05, 0) is 73.0 Å². The molecule has 164 valence electrons. The number of rotatable bonds is 10. The van der Waals surface area contributed by atoms with E-state index in [-0.39, 0.29) is 17.8 Å². The molecule has 1 heterocycles. The van der Waals surface area contributed by atoms with Crippen molar-refractivity contribution in [1.82, 2.24) is 10.3 Å². The Balaban J connectivity index is 1.59. The summed E-state index contributed by atoms with van der Waals surface area (Å²) >= 11 is 0. The van der Waals surface area contributed by atoms with Gasteiger partial charge in [0.05, 0.1) is 0 Å². The van der Waals surface area contributed by atoms with E-state index in [4.69, 9.17) is 11.5 Å². The standard InChI is InChI=1S/C25H31FN4O/c26-19-9-6-17(7-10-19)18-8-12-21-22(11-5-16-3-4-16)24(30-23(21)14-18)25(31)29-15-20(28)2-1-13-27/h6-10,12,14,16,20,30H,1-5,11,13,15,27-28H2,(H,29,31)/t20-/m0/s1. The van der Waals surface area contributed by atoms with Crippen LogP contribution >= 0.6 is 0 Å². The first-order valence-corrected chi connectivity index (χ1v) is 11.2. The Bertz CT molecular complexity index is 1040. The summed E-state index contributed by atoms with van der Waals surface area (Å²) in [6, 6.07) is 12.5. The van der Waals surface area contributed by atoms with Crippen LogP contribution in [-0.4, -0.2) is 30.0 Å². The molecule has 4 rings (SSSR count). The molecule has 2 aromatic carbocycles. The van der Waals surface area contributed by atoms with Crippen LogP contribution in [0.25, 0.3) is 22.0 Å². The number of fused-ring (bicyclic) bond motifs is 1. The number of nitrogens with one attached hydrogen (secondary N) is 2. The van der Waals surface area contributed by atoms with Crippen molar-refractivity contribution >= 4 is 16.8 Å². The number of amides is 1. The average molecular weight is 423 g/mol. The molecule has 5 nitrogen and oxygen atoms in total. The molecule has 0 spiro atoms. The van der Waals surface area contributed by atoms with Crippen molar-refractivity contribution in [2.45, 2.75) is 44.6 Å². The first-order valence-electron chi connectivity index (χ1n) is 11.2. The lowest BCUT2D eigenvalue weighted by Crippen LogP contribution is -2.37. The second kappa shape index (κ2) is 9.62. The molecule has 0 unspecified atom stereocenters. The number of nitrogens with two attached hydrogens (primary N) is 2. The van der Waals surface area contributed by atoms with E-state index in [9.17, 15) is 9.18 Å². The molecule has 0 radical (unpaired) electrons. The summed E-state index contributed by atoms with van der Waals surface area (Å²) in [7, 11) is 0. The van der Waals surface area contributed by atoms with Crippen LogP contribution in [-0.2, 0) is 6.42 Å². The number of hydrogen-bond acceptors (Lipinski definition) is 3. The van der Waals surface area contributed by atoms with Gasteiger partial charge < -0.3 is 21.8 Å². The Kier molecular flexibility index (Phi) is 6.68. The molecule has 0 aliphatic heterocycles.